The van der Waals surface area contributed by atoms with Crippen molar-refractivity contribution >= 4 is 35.1 Å². The van der Waals surface area contributed by atoms with Crippen LogP contribution in [0.5, 0.6) is 11.5 Å². The maximum Gasteiger partial charge on any atom is 0.335 e. The summed E-state index contributed by atoms with van der Waals surface area (Å²) in [6.07, 6.45) is 3.14. The van der Waals surface area contributed by atoms with E-state index in [4.69, 9.17) is 52.4 Å². The molecule has 0 amide bonds. The predicted molar refractivity (Wildman–Crippen MR) is 158 cm³/mol. The zero-order valence-corrected chi connectivity index (χ0v) is 25.3. The Bertz CT molecular complexity index is 1340. The molecule has 3 N–H and O–H groups in total. The van der Waals surface area contributed by atoms with E-state index >= 15 is 0 Å². The summed E-state index contributed by atoms with van der Waals surface area (Å²) >= 11 is 12.5. The number of carbonyl (C=O) groups is 2. The molecule has 1 heterocycles. The molecule has 0 radical (unpaired) electrons. The third kappa shape index (κ3) is 11.3. The van der Waals surface area contributed by atoms with Gasteiger partial charge in [0, 0.05) is 25.3 Å². The van der Waals surface area contributed by atoms with Gasteiger partial charge in [-0.2, -0.15) is 5.10 Å². The summed E-state index contributed by atoms with van der Waals surface area (Å²) in [5.41, 5.74) is 3.43. The summed E-state index contributed by atoms with van der Waals surface area (Å²) < 4.78 is 36.4. The fourth-order valence-corrected chi connectivity index (χ4v) is 4.80. The molecule has 0 atom stereocenters. The summed E-state index contributed by atoms with van der Waals surface area (Å²) in [5.74, 6) is -2.38. The first-order valence-electron chi connectivity index (χ1n) is 13.8. The minimum absolute atomic E-state index is 0.00850. The lowest BCUT2D eigenvalue weighted by molar-refractivity contribution is -0.136. The number of benzene rings is 2. The summed E-state index contributed by atoms with van der Waals surface area (Å²) in [7, 11) is 0. The number of nitrogens with one attached hydrogen (secondary N) is 1. The zero-order valence-electron chi connectivity index (χ0n) is 23.8. The lowest BCUT2D eigenvalue weighted by atomic mass is 10.1. The van der Waals surface area contributed by atoms with E-state index in [0.29, 0.717) is 61.5 Å². The quantitative estimate of drug-likeness (QED) is 0.122. The van der Waals surface area contributed by atoms with Gasteiger partial charge in [0.1, 0.15) is 6.61 Å². The molecule has 10 nitrogen and oxygen atoms in total. The lowest BCUT2D eigenvalue weighted by Crippen LogP contribution is -2.09. The van der Waals surface area contributed by atoms with Gasteiger partial charge in [0.15, 0.2) is 17.3 Å². The first-order chi connectivity index (χ1) is 20.7. The van der Waals surface area contributed by atoms with Crippen LogP contribution in [0.2, 0.25) is 10.0 Å². The molecule has 0 bridgehead atoms. The fraction of sp³-hybridized carbons (Fsp3) is 0.433. The van der Waals surface area contributed by atoms with Crippen LogP contribution in [-0.4, -0.2) is 65.4 Å². The van der Waals surface area contributed by atoms with Crippen molar-refractivity contribution in [3.05, 3.63) is 74.3 Å². The summed E-state index contributed by atoms with van der Waals surface area (Å²) in [4.78, 5) is 21.8. The average Bonchev–Trinajstić information content (AvgIpc) is 3.31. The molecular formula is C30H35Cl2FN2O8. The van der Waals surface area contributed by atoms with Crippen molar-refractivity contribution in [3.8, 4) is 11.5 Å². The van der Waals surface area contributed by atoms with Crippen LogP contribution in [0, 0.1) is 12.7 Å². The number of H-pyrrole nitrogens is 1. The Hall–Kier alpha value is -3.38. The third-order valence-electron chi connectivity index (χ3n) is 6.39. The third-order valence-corrected chi connectivity index (χ3v) is 6.95. The number of hydrogen-bond acceptors (Lipinski definition) is 7. The number of halogens is 3. The van der Waals surface area contributed by atoms with E-state index in [1.165, 1.54) is 12.1 Å². The van der Waals surface area contributed by atoms with Crippen molar-refractivity contribution in [1.29, 1.82) is 0 Å². The number of aromatic amines is 1. The highest BCUT2D eigenvalue weighted by molar-refractivity contribution is 6.37. The van der Waals surface area contributed by atoms with Crippen LogP contribution < -0.4 is 9.47 Å². The largest absolute Gasteiger partial charge is 0.490 e. The number of unbranched alkanes of at least 4 members (excludes halogenated alkanes) is 1. The van der Waals surface area contributed by atoms with Crippen LogP contribution in [-0.2, 0) is 33.7 Å². The molecule has 0 aliphatic carbocycles. The van der Waals surface area contributed by atoms with E-state index < -0.39 is 17.8 Å². The predicted octanol–water partition coefficient (Wildman–Crippen LogP) is 6.28. The van der Waals surface area contributed by atoms with Gasteiger partial charge >= 0.3 is 11.9 Å². The molecule has 2 aromatic carbocycles. The van der Waals surface area contributed by atoms with Crippen molar-refractivity contribution in [2.24, 2.45) is 0 Å². The number of aryl methyl sites for hydroxylation is 2. The molecule has 0 unspecified atom stereocenters. The van der Waals surface area contributed by atoms with Crippen molar-refractivity contribution in [2.75, 3.05) is 33.0 Å². The highest BCUT2D eigenvalue weighted by atomic mass is 35.5. The molecular weight excluding hydrogens is 606 g/mol. The Balaban J connectivity index is 1.27. The molecule has 13 heteroatoms. The monoisotopic (exact) mass is 640 g/mol. The molecule has 0 spiro atoms. The number of rotatable bonds is 20. The van der Waals surface area contributed by atoms with Crippen LogP contribution in [0.4, 0.5) is 4.39 Å². The van der Waals surface area contributed by atoms with Crippen molar-refractivity contribution < 1.29 is 43.1 Å². The fourth-order valence-electron chi connectivity index (χ4n) is 4.16. The number of nitrogens with zero attached hydrogens (tertiary/aromatic N) is 1. The molecule has 0 saturated heterocycles. The summed E-state index contributed by atoms with van der Waals surface area (Å²) in [6.45, 7) is 4.17. The molecule has 0 aliphatic heterocycles. The average molecular weight is 642 g/mol. The van der Waals surface area contributed by atoms with Gasteiger partial charge in [-0.25, -0.2) is 9.18 Å². The summed E-state index contributed by atoms with van der Waals surface area (Å²) in [5, 5.41) is 25.8. The second-order valence-electron chi connectivity index (χ2n) is 9.68. The van der Waals surface area contributed by atoms with E-state index in [1.807, 2.05) is 6.92 Å². The van der Waals surface area contributed by atoms with E-state index in [-0.39, 0.29) is 30.9 Å². The van der Waals surface area contributed by atoms with E-state index in [9.17, 15) is 14.0 Å². The standard InChI is InChI=1S/C30H35Cl2FN2O8/c1-19-22(5-4-12-42-27-17-21(30(38)39)7-8-25(27)33)26(35-34-19)18-41-11-3-2-10-40-13-14-43-29-23(31)15-20(16-24(29)32)6-9-28(36)37/h7-8,15-17H,2-6,9-14,18H2,1H3,(H,34,35)(H,36,37)(H,38,39). The molecule has 1 aromatic heterocycles. The van der Waals surface area contributed by atoms with Crippen LogP contribution in [0.3, 0.4) is 0 Å². The number of aliphatic carboxylic acids is 1. The Labute approximate surface area is 259 Å². The number of carboxylic acid groups (broad SMARTS) is 2. The van der Waals surface area contributed by atoms with Crippen LogP contribution in [0.1, 0.15) is 58.6 Å². The Morgan fingerprint density at radius 2 is 1.63 bits per heavy atom. The second kappa shape index (κ2) is 17.7. The minimum atomic E-state index is -1.14. The van der Waals surface area contributed by atoms with Crippen LogP contribution >= 0.6 is 23.2 Å². The SMILES string of the molecule is Cc1[nH]nc(COCCCCOCCOc2c(Cl)cc(CCC(=O)O)cc2Cl)c1CCCOc1cc(C(=O)O)ccc1F. The molecule has 43 heavy (non-hydrogen) atoms. The summed E-state index contributed by atoms with van der Waals surface area (Å²) in [6, 6.07) is 6.76. The van der Waals surface area contributed by atoms with Crippen LogP contribution in [0.15, 0.2) is 30.3 Å². The van der Waals surface area contributed by atoms with E-state index in [2.05, 4.69) is 10.2 Å². The van der Waals surface area contributed by atoms with Gasteiger partial charge in [-0.05, 0) is 80.5 Å². The Kier molecular flexibility index (Phi) is 14.0. The van der Waals surface area contributed by atoms with Crippen LogP contribution in [0.25, 0.3) is 0 Å². The van der Waals surface area contributed by atoms with Gasteiger partial charge < -0.3 is 29.2 Å². The normalized spacial score (nSPS) is 11.1. The van der Waals surface area contributed by atoms with Crippen molar-refractivity contribution in [3.63, 3.8) is 0 Å². The lowest BCUT2D eigenvalue weighted by Gasteiger charge is -2.12. The molecule has 234 valence electrons. The van der Waals surface area contributed by atoms with Gasteiger partial charge in [0.2, 0.25) is 0 Å². The van der Waals surface area contributed by atoms with Gasteiger partial charge in [-0.1, -0.05) is 23.2 Å². The maximum absolute atomic E-state index is 13.9. The highest BCUT2D eigenvalue weighted by Crippen LogP contribution is 2.34. The first kappa shape index (κ1) is 34.1. The number of ether oxygens (including phenoxy) is 4. The number of hydrogen-bond donors (Lipinski definition) is 3. The smallest absolute Gasteiger partial charge is 0.335 e. The highest BCUT2D eigenvalue weighted by Gasteiger charge is 2.13. The second-order valence-corrected chi connectivity index (χ2v) is 10.5. The molecule has 0 saturated carbocycles. The van der Waals surface area contributed by atoms with Crippen molar-refractivity contribution in [1.82, 2.24) is 10.2 Å². The van der Waals surface area contributed by atoms with Gasteiger partial charge in [0.05, 0.1) is 41.1 Å². The minimum Gasteiger partial charge on any atom is -0.490 e. The molecule has 3 rings (SSSR count). The van der Waals surface area contributed by atoms with Gasteiger partial charge in [-0.15, -0.1) is 0 Å². The number of aromatic nitrogens is 2. The van der Waals surface area contributed by atoms with E-state index in [1.54, 1.807) is 12.1 Å². The van der Waals surface area contributed by atoms with Gasteiger partial charge in [0.25, 0.3) is 0 Å². The topological polar surface area (TPSA) is 140 Å². The molecule has 3 aromatic rings. The maximum atomic E-state index is 13.9. The molecule has 0 fully saturated rings. The molecule has 0 aliphatic rings. The van der Waals surface area contributed by atoms with Crippen molar-refractivity contribution in [2.45, 2.75) is 52.1 Å². The van der Waals surface area contributed by atoms with E-state index in [0.717, 1.165) is 41.4 Å². The zero-order chi connectivity index (χ0) is 31.2. The number of aromatic carboxylic acids is 1. The number of carboxylic acids is 2. The first-order valence-corrected chi connectivity index (χ1v) is 14.6. The Morgan fingerprint density at radius 3 is 2.33 bits per heavy atom. The van der Waals surface area contributed by atoms with Gasteiger partial charge in [-0.3, -0.25) is 9.89 Å². The Morgan fingerprint density at radius 1 is 0.907 bits per heavy atom.